The first-order valence-corrected chi connectivity index (χ1v) is 13.8. The van der Waals surface area contributed by atoms with Crippen molar-refractivity contribution in [1.29, 1.82) is 0 Å². The van der Waals surface area contributed by atoms with E-state index in [-0.39, 0.29) is 5.91 Å². The van der Waals surface area contributed by atoms with Crippen LogP contribution in [0.5, 0.6) is 0 Å². The Balaban J connectivity index is 1.13. The molecule has 8 heteroatoms. The minimum atomic E-state index is 0.208. The summed E-state index contributed by atoms with van der Waals surface area (Å²) >= 11 is 1.84. The third-order valence-corrected chi connectivity index (χ3v) is 8.71. The van der Waals surface area contributed by atoms with Gasteiger partial charge in [0.25, 0.3) is 5.91 Å². The van der Waals surface area contributed by atoms with Gasteiger partial charge in [-0.3, -0.25) is 9.36 Å². The van der Waals surface area contributed by atoms with Gasteiger partial charge >= 0.3 is 0 Å². The summed E-state index contributed by atoms with van der Waals surface area (Å²) in [6, 6.07) is 16.9. The van der Waals surface area contributed by atoms with E-state index < -0.39 is 0 Å². The lowest BCUT2D eigenvalue weighted by Gasteiger charge is -2.44. The highest BCUT2D eigenvalue weighted by atomic mass is 32.2. The van der Waals surface area contributed by atoms with E-state index in [1.807, 2.05) is 35.0 Å². The van der Waals surface area contributed by atoms with E-state index in [4.69, 9.17) is 0 Å². The summed E-state index contributed by atoms with van der Waals surface area (Å²) in [4.78, 5) is 22.3. The number of piperazine rings is 1. The number of anilines is 1. The molecule has 7 nitrogen and oxygen atoms in total. The molecule has 1 aromatic carbocycles. The topological polar surface area (TPSA) is 44.6 Å². The molecule has 7 rings (SSSR count). The number of pyridine rings is 1. The second-order valence-corrected chi connectivity index (χ2v) is 10.8. The number of hydrogen-bond donors (Lipinski definition) is 0. The van der Waals surface area contributed by atoms with Crippen molar-refractivity contribution in [2.24, 2.45) is 0 Å². The van der Waals surface area contributed by atoms with E-state index >= 15 is 0 Å². The molecule has 4 aliphatic heterocycles. The summed E-state index contributed by atoms with van der Waals surface area (Å²) in [7, 11) is 0. The van der Waals surface area contributed by atoms with Gasteiger partial charge in [0.15, 0.2) is 5.70 Å². The summed E-state index contributed by atoms with van der Waals surface area (Å²) in [5.74, 6) is 4.19. The van der Waals surface area contributed by atoms with Crippen LogP contribution in [0.4, 0.5) is 5.82 Å². The summed E-state index contributed by atoms with van der Waals surface area (Å²) < 4.78 is 2.93. The highest BCUT2D eigenvalue weighted by Gasteiger charge is 2.48. The van der Waals surface area contributed by atoms with Gasteiger partial charge < -0.3 is 9.80 Å². The Bertz CT molecular complexity index is 1410. The number of aromatic nitrogens is 2. The molecule has 0 radical (unpaired) electrons. The van der Waals surface area contributed by atoms with Gasteiger partial charge in [0.05, 0.1) is 30.1 Å². The molecule has 0 spiro atoms. The van der Waals surface area contributed by atoms with Crippen molar-refractivity contribution in [2.75, 3.05) is 55.8 Å². The Morgan fingerprint density at radius 2 is 1.86 bits per heavy atom. The Morgan fingerprint density at radius 3 is 2.67 bits per heavy atom. The first-order valence-electron chi connectivity index (χ1n) is 12.6. The number of benzene rings is 1. The molecule has 2 fully saturated rings. The fourth-order valence-electron chi connectivity index (χ4n) is 5.93. The van der Waals surface area contributed by atoms with Gasteiger partial charge in [-0.1, -0.05) is 24.3 Å². The van der Waals surface area contributed by atoms with Crippen LogP contribution in [0.1, 0.15) is 0 Å². The smallest absolute Gasteiger partial charge is 0.256 e. The minimum Gasteiger partial charge on any atom is -0.355 e. The van der Waals surface area contributed by atoms with Crippen LogP contribution in [0, 0.1) is 0 Å². The van der Waals surface area contributed by atoms with Gasteiger partial charge in [0.2, 0.25) is 0 Å². The summed E-state index contributed by atoms with van der Waals surface area (Å²) in [6.45, 7) is 5.24. The number of para-hydroxylation sites is 1. The average molecular weight is 498 g/mol. The number of nitrogens with zero attached hydrogens (tertiary/aromatic N) is 6. The number of amides is 1. The molecular weight excluding hydrogens is 468 g/mol. The van der Waals surface area contributed by atoms with E-state index in [2.05, 4.69) is 80.3 Å². The number of carbonyl (C=O) groups excluding carboxylic acids is 1. The highest BCUT2D eigenvalue weighted by molar-refractivity contribution is 7.99. The fourth-order valence-corrected chi connectivity index (χ4v) is 6.88. The molecular formula is C28H29N6OS+. The predicted molar refractivity (Wildman–Crippen MR) is 144 cm³/mol. The Labute approximate surface area is 215 Å². The number of thioether (sulfide) groups is 1. The molecule has 0 saturated carbocycles. The predicted octanol–water partition coefficient (Wildman–Crippen LogP) is 3.76. The van der Waals surface area contributed by atoms with Crippen LogP contribution in [0.25, 0.3) is 16.7 Å². The molecule has 36 heavy (non-hydrogen) atoms. The Morgan fingerprint density at radius 1 is 1.00 bits per heavy atom. The quantitative estimate of drug-likeness (QED) is 0.514. The van der Waals surface area contributed by atoms with E-state index in [1.165, 1.54) is 22.4 Å². The third-order valence-electron chi connectivity index (χ3n) is 7.75. The maximum Gasteiger partial charge on any atom is 0.256 e. The Hall–Kier alpha value is -3.33. The van der Waals surface area contributed by atoms with E-state index in [0.717, 1.165) is 62.3 Å². The van der Waals surface area contributed by atoms with Crippen LogP contribution in [-0.2, 0) is 4.79 Å². The van der Waals surface area contributed by atoms with Crippen LogP contribution in [0.15, 0.2) is 90.4 Å². The number of rotatable bonds is 4. The molecule has 6 heterocycles. The maximum atomic E-state index is 13.1. The van der Waals surface area contributed by atoms with Crippen LogP contribution in [0.2, 0.25) is 0 Å². The minimum absolute atomic E-state index is 0.208. The molecule has 0 aliphatic carbocycles. The van der Waals surface area contributed by atoms with E-state index in [1.54, 1.807) is 0 Å². The van der Waals surface area contributed by atoms with Gasteiger partial charge in [0.1, 0.15) is 24.4 Å². The van der Waals surface area contributed by atoms with Crippen LogP contribution in [0.3, 0.4) is 0 Å². The zero-order valence-corrected chi connectivity index (χ0v) is 21.0. The maximum absolute atomic E-state index is 13.1. The van der Waals surface area contributed by atoms with E-state index in [0.29, 0.717) is 4.59 Å². The normalized spacial score (nSPS) is 23.9. The van der Waals surface area contributed by atoms with Gasteiger partial charge in [0, 0.05) is 49.1 Å². The number of fused-ring (bicyclic) bond motifs is 2. The second-order valence-electron chi connectivity index (χ2n) is 9.72. The fraction of sp³-hybridized carbons (Fsp3) is 0.286. The van der Waals surface area contributed by atoms with Crippen molar-refractivity contribution in [3.8, 4) is 5.82 Å². The first kappa shape index (κ1) is 21.9. The van der Waals surface area contributed by atoms with Gasteiger partial charge in [-0.15, -0.1) is 16.8 Å². The van der Waals surface area contributed by atoms with Crippen LogP contribution < -0.4 is 4.90 Å². The van der Waals surface area contributed by atoms with Crippen molar-refractivity contribution in [3.63, 3.8) is 0 Å². The molecule has 3 aromatic rings. The van der Waals surface area contributed by atoms with E-state index in [9.17, 15) is 4.79 Å². The van der Waals surface area contributed by atoms with Crippen molar-refractivity contribution in [1.82, 2.24) is 19.5 Å². The molecule has 0 N–H and O–H groups in total. The number of allylic oxidation sites excluding steroid dienone is 3. The van der Waals surface area contributed by atoms with Crippen LogP contribution >= 0.6 is 11.8 Å². The summed E-state index contributed by atoms with van der Waals surface area (Å²) in [5.41, 5.74) is 3.32. The lowest BCUT2D eigenvalue weighted by molar-refractivity contribution is -0.948. The third kappa shape index (κ3) is 3.43. The van der Waals surface area contributed by atoms with Crippen molar-refractivity contribution in [2.45, 2.75) is 0 Å². The van der Waals surface area contributed by atoms with Crippen molar-refractivity contribution < 1.29 is 9.39 Å². The molecule has 2 saturated heterocycles. The molecule has 0 bridgehead atoms. The summed E-state index contributed by atoms with van der Waals surface area (Å²) in [5, 5.41) is 3.75. The average Bonchev–Trinajstić information content (AvgIpc) is 3.71. The van der Waals surface area contributed by atoms with Gasteiger partial charge in [-0.05, 0) is 30.3 Å². The molecule has 1 amide bonds. The lowest BCUT2D eigenvalue weighted by atomic mass is 10.2. The summed E-state index contributed by atoms with van der Waals surface area (Å²) in [6.07, 6.45) is 10.6. The van der Waals surface area contributed by atoms with Crippen LogP contribution in [-0.4, -0.2) is 80.9 Å². The van der Waals surface area contributed by atoms with Gasteiger partial charge in [-0.25, -0.2) is 4.98 Å². The SMILES string of the molecule is O=C(C1=CC2=CC=C[N@@+]2(N2CCN(c3cc4ccccc4n3-c3ccccn3)CC2)C1)N1CCSC1. The van der Waals surface area contributed by atoms with Crippen molar-refractivity contribution >= 4 is 34.4 Å². The largest absolute Gasteiger partial charge is 0.355 e. The number of quaternary nitrogens is 1. The second kappa shape index (κ2) is 8.65. The highest BCUT2D eigenvalue weighted by Crippen LogP contribution is 2.39. The molecule has 2 aromatic heterocycles. The first-order chi connectivity index (χ1) is 17.7. The number of carbonyl (C=O) groups is 1. The number of hydrogen-bond acceptors (Lipinski definition) is 5. The zero-order chi connectivity index (χ0) is 24.1. The lowest BCUT2D eigenvalue weighted by Crippen LogP contribution is -2.60. The molecule has 182 valence electrons. The zero-order valence-electron chi connectivity index (χ0n) is 20.2. The van der Waals surface area contributed by atoms with Gasteiger partial charge in [-0.2, -0.15) is 4.59 Å². The Kier molecular flexibility index (Phi) is 5.27. The molecule has 0 unspecified atom stereocenters. The van der Waals surface area contributed by atoms with Crippen molar-refractivity contribution in [3.05, 3.63) is 90.4 Å². The molecule has 1 atom stereocenters. The molecule has 4 aliphatic rings. The monoisotopic (exact) mass is 497 g/mol. The standard InChI is InChI=1S/C28H29N6OS/c35-28(31-15-17-36-21-31)23-18-24-7-5-16-34(24,20-23)32-13-11-30(12-14-32)27-19-22-6-1-2-8-25(22)33(27)26-9-3-4-10-29-26/h1-10,16,18-19H,11-15,17,20-21H2/q+1/t34-/m1/s1.